The number of rotatable bonds is 4. The third-order valence-corrected chi connectivity index (χ3v) is 8.11. The number of carbonyl (C=O) groups is 2. The van der Waals surface area contributed by atoms with Crippen molar-refractivity contribution in [3.63, 3.8) is 0 Å². The molecule has 0 bridgehead atoms. The molecule has 0 aliphatic carbocycles. The maximum atomic E-state index is 13.4. The first-order valence-electron chi connectivity index (χ1n) is 12.8. The van der Waals surface area contributed by atoms with Crippen LogP contribution < -0.4 is 4.74 Å². The molecule has 0 saturated carbocycles. The standard InChI is InChI=1S/C28H31N3O5/c1-17-24(27(33)35-16-18-12-19(15-29-14-18)26(32)34-2)25-21-13-20-6-5-11-31-10-4-3-9-28(20,31)36-23(21)8-7-22(25)30-17/h7-8,12,14-15,20,30H,3-6,9-11,13,16H2,1-2H3. The molecule has 8 nitrogen and oxygen atoms in total. The number of carbonyl (C=O) groups excluding carboxylic acids is 2. The van der Waals surface area contributed by atoms with Gasteiger partial charge in [0.1, 0.15) is 12.4 Å². The lowest BCUT2D eigenvalue weighted by molar-refractivity contribution is -0.177. The Morgan fingerprint density at radius 3 is 2.92 bits per heavy atom. The van der Waals surface area contributed by atoms with Gasteiger partial charge < -0.3 is 19.2 Å². The Kier molecular flexibility index (Phi) is 5.71. The van der Waals surface area contributed by atoms with Crippen molar-refractivity contribution in [1.29, 1.82) is 0 Å². The third-order valence-electron chi connectivity index (χ3n) is 8.11. The van der Waals surface area contributed by atoms with Crippen molar-refractivity contribution in [3.8, 4) is 5.75 Å². The van der Waals surface area contributed by atoms with Gasteiger partial charge in [0.2, 0.25) is 0 Å². The van der Waals surface area contributed by atoms with E-state index in [2.05, 4.69) is 20.9 Å². The number of aryl methyl sites for hydroxylation is 1. The molecule has 2 saturated heterocycles. The van der Waals surface area contributed by atoms with Crippen LogP contribution in [0.5, 0.6) is 5.75 Å². The van der Waals surface area contributed by atoms with E-state index in [0.717, 1.165) is 60.3 Å². The first-order valence-corrected chi connectivity index (χ1v) is 12.8. The average molecular weight is 490 g/mol. The summed E-state index contributed by atoms with van der Waals surface area (Å²) in [6.07, 6.45) is 9.71. The summed E-state index contributed by atoms with van der Waals surface area (Å²) >= 11 is 0. The Labute approximate surface area is 209 Å². The summed E-state index contributed by atoms with van der Waals surface area (Å²) in [4.78, 5) is 35.2. The predicted octanol–water partition coefficient (Wildman–Crippen LogP) is 4.54. The minimum atomic E-state index is -0.480. The number of H-pyrrole nitrogens is 1. The van der Waals surface area contributed by atoms with Crippen LogP contribution in [0.4, 0.5) is 0 Å². The van der Waals surface area contributed by atoms with Crippen LogP contribution in [0.2, 0.25) is 0 Å². The maximum Gasteiger partial charge on any atom is 0.340 e. The van der Waals surface area contributed by atoms with Crippen LogP contribution in [0.1, 0.15) is 69.6 Å². The fourth-order valence-electron chi connectivity index (χ4n) is 6.48. The van der Waals surface area contributed by atoms with Crippen LogP contribution >= 0.6 is 0 Å². The van der Waals surface area contributed by atoms with Crippen LogP contribution in [0.15, 0.2) is 30.6 Å². The second-order valence-corrected chi connectivity index (χ2v) is 10.2. The molecule has 3 aromatic rings. The molecule has 1 N–H and O–H groups in total. The summed E-state index contributed by atoms with van der Waals surface area (Å²) < 4.78 is 17.3. The van der Waals surface area contributed by atoms with Gasteiger partial charge >= 0.3 is 11.9 Å². The number of hydrogen-bond donors (Lipinski definition) is 1. The lowest BCUT2D eigenvalue weighted by Gasteiger charge is -2.56. The van der Waals surface area contributed by atoms with Crippen molar-refractivity contribution in [2.75, 3.05) is 20.2 Å². The van der Waals surface area contributed by atoms with Gasteiger partial charge in [-0.3, -0.25) is 9.88 Å². The first-order chi connectivity index (χ1) is 17.5. The number of piperidine rings is 2. The molecule has 2 aromatic heterocycles. The highest BCUT2D eigenvalue weighted by atomic mass is 16.5. The third kappa shape index (κ3) is 3.66. The molecule has 36 heavy (non-hydrogen) atoms. The fourth-order valence-corrected chi connectivity index (χ4v) is 6.48. The summed E-state index contributed by atoms with van der Waals surface area (Å²) in [7, 11) is 1.32. The van der Waals surface area contributed by atoms with Gasteiger partial charge in [0, 0.05) is 65.5 Å². The number of fused-ring (bicyclic) bond motifs is 3. The number of nitrogens with zero attached hydrogens (tertiary/aromatic N) is 2. The minimum Gasteiger partial charge on any atom is -0.472 e. The lowest BCUT2D eigenvalue weighted by Crippen LogP contribution is -2.64. The van der Waals surface area contributed by atoms with Crippen LogP contribution in [0.3, 0.4) is 0 Å². The quantitative estimate of drug-likeness (QED) is 0.538. The van der Waals surface area contributed by atoms with E-state index in [-0.39, 0.29) is 12.3 Å². The van der Waals surface area contributed by atoms with E-state index < -0.39 is 11.9 Å². The Hall–Kier alpha value is -3.39. The number of hydrogen-bond acceptors (Lipinski definition) is 7. The molecular weight excluding hydrogens is 458 g/mol. The van der Waals surface area contributed by atoms with Crippen molar-refractivity contribution in [3.05, 3.63) is 58.5 Å². The zero-order chi connectivity index (χ0) is 24.9. The minimum absolute atomic E-state index is 0.00893. The zero-order valence-corrected chi connectivity index (χ0v) is 20.8. The molecule has 2 fully saturated rings. The number of methoxy groups -OCH3 is 1. The van der Waals surface area contributed by atoms with Crippen LogP contribution in [0.25, 0.3) is 10.9 Å². The van der Waals surface area contributed by atoms with Crippen molar-refractivity contribution in [1.82, 2.24) is 14.9 Å². The molecule has 1 aromatic carbocycles. The highest BCUT2D eigenvalue weighted by molar-refractivity contribution is 6.07. The molecule has 8 heteroatoms. The van der Waals surface area contributed by atoms with Gasteiger partial charge in [-0.1, -0.05) is 0 Å². The molecule has 1 spiro atoms. The predicted molar refractivity (Wildman–Crippen MR) is 133 cm³/mol. The molecular formula is C28H31N3O5. The monoisotopic (exact) mass is 489 g/mol. The molecule has 6 rings (SSSR count). The smallest absolute Gasteiger partial charge is 0.340 e. The van der Waals surface area contributed by atoms with Crippen molar-refractivity contribution in [2.24, 2.45) is 5.92 Å². The topological polar surface area (TPSA) is 93.8 Å². The summed E-state index contributed by atoms with van der Waals surface area (Å²) in [5.41, 5.74) is 4.07. The van der Waals surface area contributed by atoms with Crippen LogP contribution in [0, 0.1) is 12.8 Å². The zero-order valence-electron chi connectivity index (χ0n) is 20.8. The van der Waals surface area contributed by atoms with Gasteiger partial charge in [-0.25, -0.2) is 9.59 Å². The molecule has 5 heterocycles. The Morgan fingerprint density at radius 2 is 2.06 bits per heavy atom. The SMILES string of the molecule is COC(=O)c1cncc(COC(=O)c2c(C)[nH]c3ccc4c(c23)CC2CCCN3CCCCC23O4)c1. The number of ether oxygens (including phenoxy) is 3. The molecule has 2 unspecified atom stereocenters. The second-order valence-electron chi connectivity index (χ2n) is 10.2. The molecule has 2 atom stereocenters. The number of aromatic nitrogens is 2. The van der Waals surface area contributed by atoms with Gasteiger partial charge in [-0.05, 0) is 57.2 Å². The molecule has 188 valence electrons. The number of benzene rings is 1. The summed E-state index contributed by atoms with van der Waals surface area (Å²) in [5.74, 6) is 0.414. The Bertz CT molecular complexity index is 1350. The summed E-state index contributed by atoms with van der Waals surface area (Å²) in [5, 5.41) is 0.902. The average Bonchev–Trinajstić information content (AvgIpc) is 3.25. The maximum absolute atomic E-state index is 13.4. The van der Waals surface area contributed by atoms with E-state index in [1.54, 1.807) is 12.3 Å². The molecule has 0 radical (unpaired) electrons. The largest absolute Gasteiger partial charge is 0.472 e. The van der Waals surface area contributed by atoms with Gasteiger partial charge in [-0.2, -0.15) is 0 Å². The number of esters is 2. The summed E-state index contributed by atoms with van der Waals surface area (Å²) in [6.45, 7) is 4.11. The van der Waals surface area contributed by atoms with E-state index in [9.17, 15) is 9.59 Å². The number of pyridine rings is 1. The van der Waals surface area contributed by atoms with Crippen LogP contribution in [-0.4, -0.2) is 52.7 Å². The Balaban J connectivity index is 1.32. The normalized spacial score (nSPS) is 23.2. The Morgan fingerprint density at radius 1 is 1.19 bits per heavy atom. The second kappa shape index (κ2) is 8.92. The molecule has 3 aliphatic heterocycles. The van der Waals surface area contributed by atoms with Crippen molar-refractivity contribution >= 4 is 22.8 Å². The fraction of sp³-hybridized carbons (Fsp3) is 0.464. The van der Waals surface area contributed by atoms with E-state index in [1.807, 2.05) is 13.0 Å². The summed E-state index contributed by atoms with van der Waals surface area (Å²) in [6, 6.07) is 5.69. The van der Waals surface area contributed by atoms with Gasteiger partial charge in [0.15, 0.2) is 5.72 Å². The van der Waals surface area contributed by atoms with Crippen molar-refractivity contribution < 1.29 is 23.8 Å². The van der Waals surface area contributed by atoms with Crippen molar-refractivity contribution in [2.45, 2.75) is 57.8 Å². The van der Waals surface area contributed by atoms with Gasteiger partial charge in [-0.15, -0.1) is 0 Å². The molecule has 3 aliphatic rings. The van der Waals surface area contributed by atoms with E-state index in [1.165, 1.54) is 32.6 Å². The molecule has 0 amide bonds. The number of aromatic amines is 1. The van der Waals surface area contributed by atoms with E-state index in [0.29, 0.717) is 22.6 Å². The van der Waals surface area contributed by atoms with Gasteiger partial charge in [0.05, 0.1) is 18.2 Å². The van der Waals surface area contributed by atoms with Gasteiger partial charge in [0.25, 0.3) is 0 Å². The number of nitrogens with one attached hydrogen (secondary N) is 1. The highest BCUT2D eigenvalue weighted by Gasteiger charge is 2.52. The highest BCUT2D eigenvalue weighted by Crippen LogP contribution is 2.50. The van der Waals surface area contributed by atoms with Crippen LogP contribution in [-0.2, 0) is 22.5 Å². The van der Waals surface area contributed by atoms with E-state index in [4.69, 9.17) is 14.2 Å². The van der Waals surface area contributed by atoms with E-state index >= 15 is 0 Å². The lowest BCUT2D eigenvalue weighted by atomic mass is 9.74. The first kappa shape index (κ1) is 23.0.